The summed E-state index contributed by atoms with van der Waals surface area (Å²) in [7, 11) is 0. The van der Waals surface area contributed by atoms with Gasteiger partial charge in [-0.1, -0.05) is 18.2 Å². The highest BCUT2D eigenvalue weighted by Gasteiger charge is 2.09. The lowest BCUT2D eigenvalue weighted by molar-refractivity contribution is 0.407. The predicted octanol–water partition coefficient (Wildman–Crippen LogP) is 2.73. The molecule has 0 unspecified atom stereocenters. The molecule has 0 amide bonds. The molecular formula is C12H9NO2. The maximum Gasteiger partial charge on any atom is 0.182 e. The Hall–Kier alpha value is -2.16. The number of nitrogens with one attached hydrogen (secondary N) is 1. The molecule has 0 fully saturated rings. The van der Waals surface area contributed by atoms with E-state index in [-0.39, 0.29) is 11.5 Å². The van der Waals surface area contributed by atoms with Crippen LogP contribution in [0.25, 0.3) is 21.8 Å². The Bertz CT molecular complexity index is 655. The Balaban J connectivity index is 2.60. The van der Waals surface area contributed by atoms with Crippen LogP contribution >= 0.6 is 0 Å². The van der Waals surface area contributed by atoms with Crippen LogP contribution in [0.4, 0.5) is 0 Å². The Morgan fingerprint density at radius 1 is 0.867 bits per heavy atom. The summed E-state index contributed by atoms with van der Waals surface area (Å²) in [4.78, 5) is 3.08. The molecule has 3 aromatic rings. The van der Waals surface area contributed by atoms with E-state index in [0.717, 1.165) is 16.3 Å². The van der Waals surface area contributed by atoms with E-state index in [2.05, 4.69) is 4.98 Å². The molecule has 0 saturated carbocycles. The number of para-hydroxylation sites is 1. The largest absolute Gasteiger partial charge is 0.504 e. The van der Waals surface area contributed by atoms with Gasteiger partial charge in [0.2, 0.25) is 0 Å². The normalized spacial score (nSPS) is 11.2. The molecule has 3 rings (SSSR count). The molecule has 0 aliphatic heterocycles. The second-order valence-electron chi connectivity index (χ2n) is 3.53. The third-order valence-corrected chi connectivity index (χ3v) is 2.63. The summed E-state index contributed by atoms with van der Waals surface area (Å²) in [5.74, 6) is -0.197. The number of phenolic OH excluding ortho intramolecular Hbond substituents is 2. The molecule has 3 heteroatoms. The van der Waals surface area contributed by atoms with Crippen molar-refractivity contribution in [3.8, 4) is 11.5 Å². The molecule has 0 spiro atoms. The van der Waals surface area contributed by atoms with Crippen molar-refractivity contribution in [2.24, 2.45) is 0 Å². The third-order valence-electron chi connectivity index (χ3n) is 2.63. The molecule has 3 nitrogen and oxygen atoms in total. The zero-order valence-corrected chi connectivity index (χ0v) is 7.86. The van der Waals surface area contributed by atoms with E-state index in [1.807, 2.05) is 24.3 Å². The van der Waals surface area contributed by atoms with Crippen LogP contribution in [-0.2, 0) is 0 Å². The third kappa shape index (κ3) is 1.00. The first-order chi connectivity index (χ1) is 7.27. The van der Waals surface area contributed by atoms with E-state index in [4.69, 9.17) is 0 Å². The van der Waals surface area contributed by atoms with Crippen molar-refractivity contribution in [3.63, 3.8) is 0 Å². The van der Waals surface area contributed by atoms with Crippen molar-refractivity contribution in [1.82, 2.24) is 4.98 Å². The lowest BCUT2D eigenvalue weighted by Crippen LogP contribution is -1.71. The van der Waals surface area contributed by atoms with Crippen molar-refractivity contribution in [3.05, 3.63) is 36.4 Å². The van der Waals surface area contributed by atoms with Crippen LogP contribution in [0.15, 0.2) is 36.4 Å². The number of H-pyrrole nitrogens is 1. The topological polar surface area (TPSA) is 56.2 Å². The van der Waals surface area contributed by atoms with Gasteiger partial charge in [-0.15, -0.1) is 0 Å². The van der Waals surface area contributed by atoms with Gasteiger partial charge in [-0.25, -0.2) is 0 Å². The zero-order chi connectivity index (χ0) is 10.4. The van der Waals surface area contributed by atoms with E-state index in [1.54, 1.807) is 6.07 Å². The van der Waals surface area contributed by atoms with E-state index in [9.17, 15) is 10.2 Å². The van der Waals surface area contributed by atoms with Gasteiger partial charge in [-0.3, -0.25) is 0 Å². The van der Waals surface area contributed by atoms with E-state index < -0.39 is 0 Å². The van der Waals surface area contributed by atoms with Gasteiger partial charge in [0.05, 0.1) is 5.52 Å². The number of phenols is 2. The maximum atomic E-state index is 9.68. The van der Waals surface area contributed by atoms with Crippen molar-refractivity contribution in [2.45, 2.75) is 0 Å². The Morgan fingerprint density at radius 2 is 1.67 bits per heavy atom. The van der Waals surface area contributed by atoms with Gasteiger partial charge >= 0.3 is 0 Å². The number of benzene rings is 2. The van der Waals surface area contributed by atoms with Crippen molar-refractivity contribution >= 4 is 21.8 Å². The summed E-state index contributed by atoms with van der Waals surface area (Å²) in [5, 5.41) is 21.0. The molecule has 3 N–H and O–H groups in total. The van der Waals surface area contributed by atoms with Crippen LogP contribution in [0, 0.1) is 0 Å². The molecule has 74 valence electrons. The van der Waals surface area contributed by atoms with Crippen LogP contribution in [0.2, 0.25) is 0 Å². The second kappa shape index (κ2) is 2.67. The van der Waals surface area contributed by atoms with Gasteiger partial charge in [0.25, 0.3) is 0 Å². The molecule has 0 saturated heterocycles. The smallest absolute Gasteiger partial charge is 0.182 e. The molecule has 1 heterocycles. The highest BCUT2D eigenvalue weighted by molar-refractivity contribution is 6.09. The maximum absolute atomic E-state index is 9.68. The molecular weight excluding hydrogens is 190 g/mol. The van der Waals surface area contributed by atoms with Gasteiger partial charge < -0.3 is 15.2 Å². The minimum atomic E-state index is -0.103. The quantitative estimate of drug-likeness (QED) is 0.487. The molecule has 0 radical (unpaired) electrons. The van der Waals surface area contributed by atoms with Crippen molar-refractivity contribution < 1.29 is 10.2 Å². The minimum absolute atomic E-state index is 0.0938. The summed E-state index contributed by atoms with van der Waals surface area (Å²) >= 11 is 0. The number of hydrogen-bond donors (Lipinski definition) is 3. The molecule has 0 atom stereocenters. The van der Waals surface area contributed by atoms with E-state index in [0.29, 0.717) is 5.52 Å². The van der Waals surface area contributed by atoms with Crippen LogP contribution in [0.5, 0.6) is 11.5 Å². The summed E-state index contributed by atoms with van der Waals surface area (Å²) in [6.07, 6.45) is 0. The van der Waals surface area contributed by atoms with Crippen molar-refractivity contribution in [1.29, 1.82) is 0 Å². The minimum Gasteiger partial charge on any atom is -0.504 e. The lowest BCUT2D eigenvalue weighted by Gasteiger charge is -1.97. The predicted molar refractivity (Wildman–Crippen MR) is 59.1 cm³/mol. The standard InChI is InChI=1S/C12H9NO2/c14-10-6-5-8-7-3-1-2-4-9(7)13-11(8)12(10)15/h1-6,13-15H. The summed E-state index contributed by atoms with van der Waals surface area (Å²) < 4.78 is 0. The number of aromatic nitrogens is 1. The average Bonchev–Trinajstić information content (AvgIpc) is 2.63. The second-order valence-corrected chi connectivity index (χ2v) is 3.53. The van der Waals surface area contributed by atoms with E-state index in [1.165, 1.54) is 6.07 Å². The van der Waals surface area contributed by atoms with Gasteiger partial charge in [0.15, 0.2) is 11.5 Å². The summed E-state index contributed by atoms with van der Waals surface area (Å²) in [6, 6.07) is 11.1. The molecule has 15 heavy (non-hydrogen) atoms. The van der Waals surface area contributed by atoms with Gasteiger partial charge in [0, 0.05) is 16.3 Å². The van der Waals surface area contributed by atoms with Gasteiger partial charge in [-0.05, 0) is 18.2 Å². The zero-order valence-electron chi connectivity index (χ0n) is 7.86. The van der Waals surface area contributed by atoms with E-state index >= 15 is 0 Å². The first kappa shape index (κ1) is 8.17. The number of rotatable bonds is 0. The van der Waals surface area contributed by atoms with Crippen LogP contribution in [-0.4, -0.2) is 15.2 Å². The summed E-state index contributed by atoms with van der Waals surface area (Å²) in [6.45, 7) is 0. The highest BCUT2D eigenvalue weighted by atomic mass is 16.3. The SMILES string of the molecule is Oc1ccc2c([nH]c3ccccc32)c1O. The van der Waals surface area contributed by atoms with Gasteiger partial charge in [-0.2, -0.15) is 0 Å². The van der Waals surface area contributed by atoms with Crippen LogP contribution in [0.3, 0.4) is 0 Å². The molecule has 2 aromatic carbocycles. The molecule has 0 aliphatic rings. The van der Waals surface area contributed by atoms with Crippen molar-refractivity contribution in [2.75, 3.05) is 0 Å². The fraction of sp³-hybridized carbons (Fsp3) is 0. The molecule has 0 bridgehead atoms. The van der Waals surface area contributed by atoms with Gasteiger partial charge in [0.1, 0.15) is 0 Å². The first-order valence-electron chi connectivity index (χ1n) is 4.69. The van der Waals surface area contributed by atoms with Crippen LogP contribution < -0.4 is 0 Å². The Labute approximate surface area is 85.6 Å². The lowest BCUT2D eigenvalue weighted by atomic mass is 10.1. The highest BCUT2D eigenvalue weighted by Crippen LogP contribution is 2.36. The number of aromatic hydroxyl groups is 2. The monoisotopic (exact) mass is 199 g/mol. The molecule has 1 aromatic heterocycles. The fourth-order valence-electron chi connectivity index (χ4n) is 1.89. The Kier molecular flexibility index (Phi) is 1.45. The number of aromatic amines is 1. The fourth-order valence-corrected chi connectivity index (χ4v) is 1.89. The average molecular weight is 199 g/mol. The summed E-state index contributed by atoms with van der Waals surface area (Å²) in [5.41, 5.74) is 1.53. The van der Waals surface area contributed by atoms with Crippen LogP contribution in [0.1, 0.15) is 0 Å². The number of fused-ring (bicyclic) bond motifs is 3. The number of hydrogen-bond acceptors (Lipinski definition) is 2. The molecule has 0 aliphatic carbocycles. The first-order valence-corrected chi connectivity index (χ1v) is 4.69. The Morgan fingerprint density at radius 3 is 2.53 bits per heavy atom.